The Morgan fingerprint density at radius 2 is 1.68 bits per heavy atom. The van der Waals surface area contributed by atoms with Crippen molar-refractivity contribution in [3.05, 3.63) is 90.0 Å². The summed E-state index contributed by atoms with van der Waals surface area (Å²) in [6, 6.07) is 22.6. The Morgan fingerprint density at radius 3 is 2.30 bits per heavy atom. The molecule has 1 atom stereocenters. The highest BCUT2D eigenvalue weighted by Crippen LogP contribution is 2.27. The SMILES string of the molecule is COC(=O)c1ccc(N2C(=O)CC(N(CCc3ccccc3)C(=S)Nc3ccc(OC)cc3)C2=O)cc1. The van der Waals surface area contributed by atoms with Crippen molar-refractivity contribution in [3.63, 3.8) is 0 Å². The van der Waals surface area contributed by atoms with Gasteiger partial charge in [0.1, 0.15) is 11.8 Å². The number of carbonyl (C=O) groups excluding carboxylic acids is 3. The van der Waals surface area contributed by atoms with Crippen molar-refractivity contribution in [2.45, 2.75) is 18.9 Å². The molecule has 190 valence electrons. The van der Waals surface area contributed by atoms with Crippen LogP contribution in [0.15, 0.2) is 78.9 Å². The number of carbonyl (C=O) groups is 3. The molecule has 8 nitrogen and oxygen atoms in total. The van der Waals surface area contributed by atoms with E-state index in [9.17, 15) is 14.4 Å². The lowest BCUT2D eigenvalue weighted by Gasteiger charge is -2.30. The number of benzene rings is 3. The standard InChI is InChI=1S/C28H27N3O5S/c1-35-23-14-10-21(11-15-23)29-28(37)30(17-16-19-6-4-3-5-7-19)24-18-25(32)31(26(24)33)22-12-8-20(9-13-22)27(34)36-2/h3-15,24H,16-18H2,1-2H3,(H,29,37). The van der Waals surface area contributed by atoms with Crippen molar-refractivity contribution >= 4 is 46.5 Å². The fourth-order valence-electron chi connectivity index (χ4n) is 4.16. The number of amides is 2. The van der Waals surface area contributed by atoms with Crippen LogP contribution in [0, 0.1) is 0 Å². The molecule has 9 heteroatoms. The van der Waals surface area contributed by atoms with Crippen molar-refractivity contribution in [1.82, 2.24) is 4.90 Å². The Balaban J connectivity index is 1.56. The van der Waals surface area contributed by atoms with Crippen LogP contribution in [-0.4, -0.2) is 54.6 Å². The van der Waals surface area contributed by atoms with E-state index in [1.807, 2.05) is 54.6 Å². The maximum absolute atomic E-state index is 13.6. The largest absolute Gasteiger partial charge is 0.497 e. The predicted molar refractivity (Wildman–Crippen MR) is 145 cm³/mol. The number of methoxy groups -OCH3 is 2. The first-order valence-electron chi connectivity index (χ1n) is 11.7. The molecule has 0 aliphatic carbocycles. The van der Waals surface area contributed by atoms with Crippen LogP contribution in [0.4, 0.5) is 11.4 Å². The summed E-state index contributed by atoms with van der Waals surface area (Å²) in [5.74, 6) is -0.492. The lowest BCUT2D eigenvalue weighted by atomic mass is 10.1. The van der Waals surface area contributed by atoms with E-state index >= 15 is 0 Å². The fourth-order valence-corrected chi connectivity index (χ4v) is 4.49. The summed E-state index contributed by atoms with van der Waals surface area (Å²) in [5, 5.41) is 3.53. The summed E-state index contributed by atoms with van der Waals surface area (Å²) < 4.78 is 9.94. The van der Waals surface area contributed by atoms with Gasteiger partial charge >= 0.3 is 5.97 Å². The van der Waals surface area contributed by atoms with Crippen LogP contribution >= 0.6 is 12.2 Å². The minimum atomic E-state index is -0.769. The smallest absolute Gasteiger partial charge is 0.337 e. The number of esters is 1. The molecule has 3 aromatic rings. The van der Waals surface area contributed by atoms with Crippen LogP contribution in [0.1, 0.15) is 22.3 Å². The maximum Gasteiger partial charge on any atom is 0.337 e. The van der Waals surface area contributed by atoms with Crippen molar-refractivity contribution in [1.29, 1.82) is 0 Å². The summed E-state index contributed by atoms with van der Waals surface area (Å²) in [6.07, 6.45) is 0.619. The van der Waals surface area contributed by atoms with Crippen LogP contribution in [0.25, 0.3) is 0 Å². The van der Waals surface area contributed by atoms with Gasteiger partial charge in [0.05, 0.1) is 31.9 Å². The van der Waals surface area contributed by atoms with Crippen LogP contribution in [-0.2, 0) is 20.7 Å². The number of imide groups is 1. The Hall–Kier alpha value is -4.24. The van der Waals surface area contributed by atoms with E-state index in [1.54, 1.807) is 24.1 Å². The first-order chi connectivity index (χ1) is 17.9. The number of ether oxygens (including phenoxy) is 2. The number of anilines is 2. The molecule has 0 spiro atoms. The molecule has 1 unspecified atom stereocenters. The fraction of sp³-hybridized carbons (Fsp3) is 0.214. The Labute approximate surface area is 220 Å². The number of nitrogens with zero attached hydrogens (tertiary/aromatic N) is 2. The van der Waals surface area contributed by atoms with Crippen molar-refractivity contribution in [2.24, 2.45) is 0 Å². The maximum atomic E-state index is 13.6. The van der Waals surface area contributed by atoms with Gasteiger partial charge < -0.3 is 19.7 Å². The molecule has 0 saturated carbocycles. The zero-order chi connectivity index (χ0) is 26.4. The second-order valence-corrected chi connectivity index (χ2v) is 8.80. The summed E-state index contributed by atoms with van der Waals surface area (Å²) >= 11 is 5.73. The molecule has 1 aliphatic rings. The average molecular weight is 518 g/mol. The highest BCUT2D eigenvalue weighted by atomic mass is 32.1. The van der Waals surface area contributed by atoms with Gasteiger partial charge in [0, 0.05) is 12.2 Å². The van der Waals surface area contributed by atoms with Crippen molar-refractivity contribution in [2.75, 3.05) is 31.0 Å². The molecule has 4 rings (SSSR count). The van der Waals surface area contributed by atoms with Gasteiger partial charge in [-0.3, -0.25) is 9.59 Å². The minimum Gasteiger partial charge on any atom is -0.497 e. The third kappa shape index (κ3) is 5.95. The molecule has 1 saturated heterocycles. The van der Waals surface area contributed by atoms with Gasteiger partial charge in [-0.15, -0.1) is 0 Å². The molecule has 1 heterocycles. The molecular weight excluding hydrogens is 490 g/mol. The van der Waals surface area contributed by atoms with Crippen LogP contribution < -0.4 is 15.0 Å². The molecule has 3 aromatic carbocycles. The number of hydrogen-bond donors (Lipinski definition) is 1. The summed E-state index contributed by atoms with van der Waals surface area (Å²) in [4.78, 5) is 41.2. The second kappa shape index (κ2) is 11.7. The molecule has 0 bridgehead atoms. The molecule has 2 amide bonds. The second-order valence-electron chi connectivity index (χ2n) is 8.41. The van der Waals surface area contributed by atoms with Gasteiger partial charge in [-0.2, -0.15) is 0 Å². The minimum absolute atomic E-state index is 0.0171. The number of rotatable bonds is 8. The van der Waals surface area contributed by atoms with Gasteiger partial charge in [0.25, 0.3) is 5.91 Å². The summed E-state index contributed by atoms with van der Waals surface area (Å²) in [7, 11) is 2.89. The molecule has 1 aliphatic heterocycles. The summed E-state index contributed by atoms with van der Waals surface area (Å²) in [5.41, 5.74) is 2.55. The monoisotopic (exact) mass is 517 g/mol. The lowest BCUT2D eigenvalue weighted by molar-refractivity contribution is -0.122. The van der Waals surface area contributed by atoms with Gasteiger partial charge in [-0.25, -0.2) is 9.69 Å². The lowest BCUT2D eigenvalue weighted by Crippen LogP contribution is -2.48. The first-order valence-corrected chi connectivity index (χ1v) is 12.1. The van der Waals surface area contributed by atoms with Crippen LogP contribution in [0.3, 0.4) is 0 Å². The highest BCUT2D eigenvalue weighted by Gasteiger charge is 2.43. The molecule has 1 fully saturated rings. The van der Waals surface area contributed by atoms with Gasteiger partial charge in [-0.1, -0.05) is 30.3 Å². The third-order valence-corrected chi connectivity index (χ3v) is 6.47. The average Bonchev–Trinajstić information content (AvgIpc) is 3.22. The van der Waals surface area contributed by atoms with E-state index in [2.05, 4.69) is 5.32 Å². The van der Waals surface area contributed by atoms with E-state index in [1.165, 1.54) is 19.2 Å². The van der Waals surface area contributed by atoms with E-state index in [-0.39, 0.29) is 18.2 Å². The van der Waals surface area contributed by atoms with E-state index in [4.69, 9.17) is 21.7 Å². The molecule has 1 N–H and O–H groups in total. The number of nitrogens with one attached hydrogen (secondary N) is 1. The predicted octanol–water partition coefficient (Wildman–Crippen LogP) is 4.06. The first kappa shape index (κ1) is 25.8. The van der Waals surface area contributed by atoms with Crippen molar-refractivity contribution in [3.8, 4) is 5.75 Å². The topological polar surface area (TPSA) is 88.2 Å². The van der Waals surface area contributed by atoms with Crippen LogP contribution in [0.2, 0.25) is 0 Å². The Morgan fingerprint density at radius 1 is 1.00 bits per heavy atom. The molecule has 0 aromatic heterocycles. The zero-order valence-electron chi connectivity index (χ0n) is 20.5. The zero-order valence-corrected chi connectivity index (χ0v) is 21.4. The van der Waals surface area contributed by atoms with Gasteiger partial charge in [-0.05, 0) is 72.7 Å². The molecule has 0 radical (unpaired) electrons. The molecular formula is C28H27N3O5S. The summed E-state index contributed by atoms with van der Waals surface area (Å²) in [6.45, 7) is 0.435. The van der Waals surface area contributed by atoms with Crippen LogP contribution in [0.5, 0.6) is 5.75 Å². The third-order valence-electron chi connectivity index (χ3n) is 6.13. The quantitative estimate of drug-likeness (QED) is 0.272. The van der Waals surface area contributed by atoms with Gasteiger partial charge in [0.2, 0.25) is 5.91 Å². The number of hydrogen-bond acceptors (Lipinski definition) is 6. The van der Waals surface area contributed by atoms with E-state index < -0.39 is 12.0 Å². The normalized spacial score (nSPS) is 14.9. The highest BCUT2D eigenvalue weighted by molar-refractivity contribution is 7.80. The van der Waals surface area contributed by atoms with E-state index in [0.717, 1.165) is 16.2 Å². The molecule has 37 heavy (non-hydrogen) atoms. The number of thiocarbonyl (C=S) groups is 1. The Kier molecular flexibility index (Phi) is 8.15. The van der Waals surface area contributed by atoms with Crippen molar-refractivity contribution < 1.29 is 23.9 Å². The Bertz CT molecular complexity index is 1280. The van der Waals surface area contributed by atoms with Gasteiger partial charge in [0.15, 0.2) is 5.11 Å². The van der Waals surface area contributed by atoms with E-state index in [0.29, 0.717) is 35.1 Å².